The molecule has 0 aliphatic carbocycles. The van der Waals surface area contributed by atoms with Gasteiger partial charge in [0.15, 0.2) is 0 Å². The molecule has 0 unspecified atom stereocenters. The summed E-state index contributed by atoms with van der Waals surface area (Å²) in [5.41, 5.74) is 2.06. The first-order valence-corrected chi connectivity index (χ1v) is 6.47. The number of halogens is 1. The van der Waals surface area contributed by atoms with Crippen molar-refractivity contribution < 1.29 is 4.79 Å². The van der Waals surface area contributed by atoms with Crippen LogP contribution in [0.5, 0.6) is 0 Å². The lowest BCUT2D eigenvalue weighted by Crippen LogP contribution is -2.20. The molecule has 0 saturated heterocycles. The molecule has 4 heteroatoms. The molecule has 0 bridgehead atoms. The standard InChI is InChI=1S/C13H15BrN2O/c1-9(2)12-7-13(17)16(15-12)8-10-4-3-5-11(14)6-10/h3-6,9H,7-8H2,1-2H3. The van der Waals surface area contributed by atoms with E-state index in [1.54, 1.807) is 5.01 Å². The number of hydrazone groups is 1. The molecule has 1 heterocycles. The number of benzene rings is 1. The van der Waals surface area contributed by atoms with Gasteiger partial charge in [-0.3, -0.25) is 4.79 Å². The largest absolute Gasteiger partial charge is 0.273 e. The average Bonchev–Trinajstić information content (AvgIpc) is 2.61. The Bertz CT molecular complexity index is 468. The molecule has 0 fully saturated rings. The van der Waals surface area contributed by atoms with Gasteiger partial charge in [0.05, 0.1) is 18.7 Å². The molecule has 1 aliphatic rings. The van der Waals surface area contributed by atoms with Crippen LogP contribution in [0.4, 0.5) is 0 Å². The maximum absolute atomic E-state index is 11.8. The molecule has 0 spiro atoms. The van der Waals surface area contributed by atoms with Gasteiger partial charge in [-0.05, 0) is 23.6 Å². The molecule has 0 aromatic heterocycles. The summed E-state index contributed by atoms with van der Waals surface area (Å²) in [6.07, 6.45) is 0.464. The van der Waals surface area contributed by atoms with Crippen molar-refractivity contribution in [1.29, 1.82) is 0 Å². The lowest BCUT2D eigenvalue weighted by Gasteiger charge is -2.11. The number of hydrogen-bond donors (Lipinski definition) is 0. The molecule has 17 heavy (non-hydrogen) atoms. The monoisotopic (exact) mass is 294 g/mol. The molecule has 3 nitrogen and oxygen atoms in total. The lowest BCUT2D eigenvalue weighted by molar-refractivity contribution is -0.129. The van der Waals surface area contributed by atoms with Crippen molar-refractivity contribution in [3.05, 3.63) is 34.3 Å². The van der Waals surface area contributed by atoms with E-state index in [4.69, 9.17) is 0 Å². The highest BCUT2D eigenvalue weighted by molar-refractivity contribution is 9.10. The van der Waals surface area contributed by atoms with E-state index in [0.29, 0.717) is 18.9 Å². The molecule has 2 rings (SSSR count). The van der Waals surface area contributed by atoms with E-state index < -0.39 is 0 Å². The third kappa shape index (κ3) is 2.94. The van der Waals surface area contributed by atoms with Crippen LogP contribution in [0.2, 0.25) is 0 Å². The predicted octanol–water partition coefficient (Wildman–Crippen LogP) is 3.19. The maximum Gasteiger partial charge on any atom is 0.248 e. The Morgan fingerprint density at radius 2 is 2.24 bits per heavy atom. The third-order valence-electron chi connectivity index (χ3n) is 2.76. The van der Waals surface area contributed by atoms with Crippen LogP contribution >= 0.6 is 15.9 Å². The second kappa shape index (κ2) is 5.00. The van der Waals surface area contributed by atoms with Crippen molar-refractivity contribution >= 4 is 27.5 Å². The van der Waals surface area contributed by atoms with Crippen LogP contribution in [0.3, 0.4) is 0 Å². The number of carbonyl (C=O) groups is 1. The van der Waals surface area contributed by atoms with Crippen LogP contribution in [0.1, 0.15) is 25.8 Å². The molecule has 1 aromatic carbocycles. The normalized spacial score (nSPS) is 15.6. The Labute approximate surface area is 110 Å². The number of rotatable bonds is 3. The smallest absolute Gasteiger partial charge is 0.248 e. The predicted molar refractivity (Wildman–Crippen MR) is 71.6 cm³/mol. The van der Waals surface area contributed by atoms with Gasteiger partial charge in [-0.25, -0.2) is 5.01 Å². The van der Waals surface area contributed by atoms with Gasteiger partial charge in [0.25, 0.3) is 0 Å². The Morgan fingerprint density at radius 1 is 1.47 bits per heavy atom. The summed E-state index contributed by atoms with van der Waals surface area (Å²) in [6.45, 7) is 4.68. The first-order valence-electron chi connectivity index (χ1n) is 5.68. The zero-order valence-electron chi connectivity index (χ0n) is 9.98. The summed E-state index contributed by atoms with van der Waals surface area (Å²) in [5.74, 6) is 0.431. The summed E-state index contributed by atoms with van der Waals surface area (Å²) in [4.78, 5) is 11.8. The number of amides is 1. The summed E-state index contributed by atoms with van der Waals surface area (Å²) in [5, 5.41) is 5.95. The summed E-state index contributed by atoms with van der Waals surface area (Å²) in [6, 6.07) is 7.95. The zero-order chi connectivity index (χ0) is 12.4. The van der Waals surface area contributed by atoms with E-state index in [0.717, 1.165) is 15.7 Å². The van der Waals surface area contributed by atoms with Gasteiger partial charge in [-0.1, -0.05) is 41.9 Å². The average molecular weight is 295 g/mol. The fourth-order valence-corrected chi connectivity index (χ4v) is 2.19. The van der Waals surface area contributed by atoms with Gasteiger partial charge >= 0.3 is 0 Å². The molecular weight excluding hydrogens is 280 g/mol. The van der Waals surface area contributed by atoms with E-state index >= 15 is 0 Å². The number of hydrogen-bond acceptors (Lipinski definition) is 2. The minimum Gasteiger partial charge on any atom is -0.273 e. The van der Waals surface area contributed by atoms with Crippen molar-refractivity contribution in [3.63, 3.8) is 0 Å². The van der Waals surface area contributed by atoms with Crippen molar-refractivity contribution in [3.8, 4) is 0 Å². The van der Waals surface area contributed by atoms with E-state index in [2.05, 4.69) is 34.9 Å². The Morgan fingerprint density at radius 3 is 2.82 bits per heavy atom. The van der Waals surface area contributed by atoms with Crippen molar-refractivity contribution in [2.45, 2.75) is 26.8 Å². The molecule has 0 N–H and O–H groups in total. The van der Waals surface area contributed by atoms with E-state index in [1.807, 2.05) is 24.3 Å². The maximum atomic E-state index is 11.8. The first kappa shape index (κ1) is 12.3. The van der Waals surface area contributed by atoms with Gasteiger partial charge in [-0.15, -0.1) is 0 Å². The molecule has 0 radical (unpaired) electrons. The van der Waals surface area contributed by atoms with Crippen LogP contribution in [-0.4, -0.2) is 16.6 Å². The van der Waals surface area contributed by atoms with Crippen LogP contribution in [0, 0.1) is 5.92 Å². The molecule has 0 saturated carbocycles. The third-order valence-corrected chi connectivity index (χ3v) is 3.25. The fourth-order valence-electron chi connectivity index (χ4n) is 1.74. The molecule has 90 valence electrons. The Balaban J connectivity index is 2.12. The Hall–Kier alpha value is -1.16. The second-order valence-electron chi connectivity index (χ2n) is 4.50. The van der Waals surface area contributed by atoms with Crippen molar-refractivity contribution in [2.75, 3.05) is 0 Å². The highest BCUT2D eigenvalue weighted by atomic mass is 79.9. The minimum atomic E-state index is 0.0914. The van der Waals surface area contributed by atoms with E-state index in [9.17, 15) is 4.79 Å². The molecule has 1 aromatic rings. The fraction of sp³-hybridized carbons (Fsp3) is 0.385. The number of nitrogens with zero attached hydrogens (tertiary/aromatic N) is 2. The van der Waals surface area contributed by atoms with Gasteiger partial charge < -0.3 is 0 Å². The van der Waals surface area contributed by atoms with Gasteiger partial charge in [0.2, 0.25) is 5.91 Å². The zero-order valence-corrected chi connectivity index (χ0v) is 11.6. The summed E-state index contributed by atoms with van der Waals surface area (Å²) >= 11 is 3.42. The quantitative estimate of drug-likeness (QED) is 0.843. The molecule has 1 amide bonds. The van der Waals surface area contributed by atoms with E-state index in [-0.39, 0.29) is 5.91 Å². The SMILES string of the molecule is CC(C)C1=NN(Cc2cccc(Br)c2)C(=O)C1. The Kier molecular flexibility index (Phi) is 3.62. The molecular formula is C13H15BrN2O. The highest BCUT2D eigenvalue weighted by Crippen LogP contribution is 2.19. The topological polar surface area (TPSA) is 32.7 Å². The minimum absolute atomic E-state index is 0.0914. The number of carbonyl (C=O) groups excluding carboxylic acids is 1. The van der Waals surface area contributed by atoms with Crippen molar-refractivity contribution in [1.82, 2.24) is 5.01 Å². The van der Waals surface area contributed by atoms with Gasteiger partial charge in [-0.2, -0.15) is 5.10 Å². The van der Waals surface area contributed by atoms with Gasteiger partial charge in [0.1, 0.15) is 0 Å². The van der Waals surface area contributed by atoms with Gasteiger partial charge in [0, 0.05) is 4.47 Å². The van der Waals surface area contributed by atoms with E-state index in [1.165, 1.54) is 0 Å². The highest BCUT2D eigenvalue weighted by Gasteiger charge is 2.25. The van der Waals surface area contributed by atoms with Crippen LogP contribution < -0.4 is 0 Å². The molecule has 1 aliphatic heterocycles. The molecule has 0 atom stereocenters. The summed E-state index contributed by atoms with van der Waals surface area (Å²) < 4.78 is 1.02. The second-order valence-corrected chi connectivity index (χ2v) is 5.42. The summed E-state index contributed by atoms with van der Waals surface area (Å²) in [7, 11) is 0. The van der Waals surface area contributed by atoms with Crippen LogP contribution in [0.25, 0.3) is 0 Å². The first-order chi connectivity index (χ1) is 8.06. The lowest BCUT2D eigenvalue weighted by atomic mass is 10.1. The van der Waals surface area contributed by atoms with Crippen molar-refractivity contribution in [2.24, 2.45) is 11.0 Å². The van der Waals surface area contributed by atoms with Crippen LogP contribution in [0.15, 0.2) is 33.8 Å². The van der Waals surface area contributed by atoms with Crippen LogP contribution in [-0.2, 0) is 11.3 Å².